The molecule has 0 atom stereocenters. The highest BCUT2D eigenvalue weighted by atomic mass is 35.5. The zero-order chi connectivity index (χ0) is 18.8. The van der Waals surface area contributed by atoms with E-state index in [4.69, 9.17) is 23.2 Å². The molecule has 0 aliphatic heterocycles. The second-order valence-electron chi connectivity index (χ2n) is 5.45. The monoisotopic (exact) mass is 412 g/mol. The Hall–Kier alpha value is -2.02. The van der Waals surface area contributed by atoms with Crippen molar-refractivity contribution in [2.75, 3.05) is 5.32 Å². The van der Waals surface area contributed by atoms with Crippen LogP contribution in [0, 0.1) is 18.6 Å². The van der Waals surface area contributed by atoms with Crippen molar-refractivity contribution in [1.82, 2.24) is 4.98 Å². The van der Waals surface area contributed by atoms with Crippen LogP contribution in [0.1, 0.15) is 5.56 Å². The van der Waals surface area contributed by atoms with Crippen LogP contribution in [0.25, 0.3) is 21.0 Å². The van der Waals surface area contributed by atoms with Gasteiger partial charge in [-0.1, -0.05) is 41.4 Å². The maximum atomic E-state index is 14.3. The number of amides is 1. The molecule has 2 aromatic carbocycles. The molecule has 1 heterocycles. The Morgan fingerprint density at radius 2 is 1.85 bits per heavy atom. The SMILES string of the molecule is Cc1ccc(F)c(-c2ncc(-c3ccc(NC(=O)C(Cl)Cl)cc3)s2)c1F. The van der Waals surface area contributed by atoms with E-state index >= 15 is 0 Å². The van der Waals surface area contributed by atoms with Gasteiger partial charge >= 0.3 is 0 Å². The number of anilines is 1. The van der Waals surface area contributed by atoms with Crippen LogP contribution in [0.5, 0.6) is 0 Å². The van der Waals surface area contributed by atoms with E-state index in [1.54, 1.807) is 37.4 Å². The standard InChI is InChI=1S/C18H12Cl2F2N2OS/c1-9-2-7-12(21)14(15(9)22)18-23-8-13(26-18)10-3-5-11(6-4-10)24-17(25)16(19)20/h2-8,16H,1H3,(H,24,25). The number of rotatable bonds is 4. The van der Waals surface area contributed by atoms with Gasteiger partial charge in [-0.25, -0.2) is 13.8 Å². The topological polar surface area (TPSA) is 42.0 Å². The molecule has 0 unspecified atom stereocenters. The van der Waals surface area contributed by atoms with Crippen molar-refractivity contribution in [3.63, 3.8) is 0 Å². The Morgan fingerprint density at radius 1 is 1.15 bits per heavy atom. The number of nitrogens with one attached hydrogen (secondary N) is 1. The number of hydrogen-bond acceptors (Lipinski definition) is 3. The van der Waals surface area contributed by atoms with Gasteiger partial charge in [-0.05, 0) is 36.2 Å². The summed E-state index contributed by atoms with van der Waals surface area (Å²) >= 11 is 12.2. The normalized spacial score (nSPS) is 11.0. The lowest BCUT2D eigenvalue weighted by Crippen LogP contribution is -2.18. The number of thiazole rings is 1. The molecule has 0 saturated carbocycles. The average Bonchev–Trinajstić information content (AvgIpc) is 3.09. The number of carbonyl (C=O) groups is 1. The molecule has 3 aromatic rings. The van der Waals surface area contributed by atoms with Gasteiger partial charge in [0.25, 0.3) is 5.91 Å². The third kappa shape index (κ3) is 3.87. The summed E-state index contributed by atoms with van der Waals surface area (Å²) in [7, 11) is 0. The molecule has 0 fully saturated rings. The minimum absolute atomic E-state index is 0.125. The average molecular weight is 413 g/mol. The van der Waals surface area contributed by atoms with E-state index < -0.39 is 22.4 Å². The summed E-state index contributed by atoms with van der Waals surface area (Å²) in [6, 6.07) is 9.49. The molecule has 0 saturated heterocycles. The first-order valence-electron chi connectivity index (χ1n) is 7.47. The number of aryl methyl sites for hydroxylation is 1. The molecule has 1 aromatic heterocycles. The summed E-state index contributed by atoms with van der Waals surface area (Å²) in [5.41, 5.74) is 1.56. The summed E-state index contributed by atoms with van der Waals surface area (Å²) in [5, 5.41) is 2.82. The fraction of sp³-hybridized carbons (Fsp3) is 0.111. The third-order valence-electron chi connectivity index (χ3n) is 3.64. The van der Waals surface area contributed by atoms with E-state index in [2.05, 4.69) is 10.3 Å². The number of nitrogens with zero attached hydrogens (tertiary/aromatic N) is 1. The van der Waals surface area contributed by atoms with E-state index in [1.807, 2.05) is 0 Å². The first kappa shape index (κ1) is 18.8. The number of aromatic nitrogens is 1. The second-order valence-corrected chi connectivity index (χ2v) is 7.58. The molecular formula is C18H12Cl2F2N2OS. The zero-order valence-corrected chi connectivity index (χ0v) is 15.7. The lowest BCUT2D eigenvalue weighted by atomic mass is 10.1. The van der Waals surface area contributed by atoms with Gasteiger partial charge in [-0.2, -0.15) is 0 Å². The van der Waals surface area contributed by atoms with E-state index in [-0.39, 0.29) is 10.6 Å². The van der Waals surface area contributed by atoms with Crippen molar-refractivity contribution in [2.45, 2.75) is 11.8 Å². The molecule has 1 N–H and O–H groups in total. The van der Waals surface area contributed by atoms with Gasteiger partial charge in [0.1, 0.15) is 16.6 Å². The highest BCUT2D eigenvalue weighted by Crippen LogP contribution is 2.35. The van der Waals surface area contributed by atoms with Gasteiger partial charge in [0.05, 0.1) is 10.4 Å². The Labute approximate surface area is 162 Å². The largest absolute Gasteiger partial charge is 0.324 e. The zero-order valence-electron chi connectivity index (χ0n) is 13.4. The second kappa shape index (κ2) is 7.70. The maximum Gasteiger partial charge on any atom is 0.257 e. The molecular weight excluding hydrogens is 401 g/mol. The van der Waals surface area contributed by atoms with Crippen LogP contribution in [-0.2, 0) is 4.79 Å². The van der Waals surface area contributed by atoms with E-state index in [9.17, 15) is 13.6 Å². The van der Waals surface area contributed by atoms with Gasteiger partial charge in [-0.15, -0.1) is 11.3 Å². The Kier molecular flexibility index (Phi) is 5.55. The molecule has 26 heavy (non-hydrogen) atoms. The van der Waals surface area contributed by atoms with Gasteiger partial charge < -0.3 is 5.32 Å². The summed E-state index contributed by atoms with van der Waals surface area (Å²) in [6.45, 7) is 1.58. The molecule has 0 radical (unpaired) electrons. The molecule has 3 rings (SSSR count). The Morgan fingerprint density at radius 3 is 2.50 bits per heavy atom. The summed E-state index contributed by atoms with van der Waals surface area (Å²) in [5.74, 6) is -1.78. The number of halogens is 4. The third-order valence-corrected chi connectivity index (χ3v) is 5.10. The maximum absolute atomic E-state index is 14.3. The number of hydrogen-bond donors (Lipinski definition) is 1. The van der Waals surface area contributed by atoms with Crippen LogP contribution in [0.15, 0.2) is 42.6 Å². The highest BCUT2D eigenvalue weighted by Gasteiger charge is 2.17. The minimum Gasteiger partial charge on any atom is -0.324 e. The smallest absolute Gasteiger partial charge is 0.257 e. The molecule has 134 valence electrons. The van der Waals surface area contributed by atoms with Crippen LogP contribution in [0.2, 0.25) is 0 Å². The highest BCUT2D eigenvalue weighted by molar-refractivity contribution is 7.18. The van der Waals surface area contributed by atoms with Crippen LogP contribution < -0.4 is 5.32 Å². The number of carbonyl (C=O) groups excluding carboxylic acids is 1. The number of benzene rings is 2. The Balaban J connectivity index is 1.87. The van der Waals surface area contributed by atoms with Crippen molar-refractivity contribution in [3.05, 3.63) is 59.8 Å². The fourth-order valence-corrected chi connectivity index (χ4v) is 3.36. The molecule has 0 spiro atoms. The molecule has 0 aliphatic carbocycles. The lowest BCUT2D eigenvalue weighted by molar-refractivity contribution is -0.114. The van der Waals surface area contributed by atoms with Crippen LogP contribution >= 0.6 is 34.5 Å². The predicted molar refractivity (Wildman–Crippen MR) is 102 cm³/mol. The van der Waals surface area contributed by atoms with Gasteiger partial charge in [0.15, 0.2) is 4.84 Å². The van der Waals surface area contributed by atoms with Crippen LogP contribution in [-0.4, -0.2) is 15.7 Å². The molecule has 0 bridgehead atoms. The van der Waals surface area contributed by atoms with Crippen molar-refractivity contribution in [1.29, 1.82) is 0 Å². The molecule has 1 amide bonds. The lowest BCUT2D eigenvalue weighted by Gasteiger charge is -2.06. The number of alkyl halides is 2. The molecule has 8 heteroatoms. The van der Waals surface area contributed by atoms with Gasteiger partial charge in [0, 0.05) is 11.9 Å². The fourth-order valence-electron chi connectivity index (χ4n) is 2.29. The van der Waals surface area contributed by atoms with E-state index in [1.165, 1.54) is 23.5 Å². The summed E-state index contributed by atoms with van der Waals surface area (Å²) < 4.78 is 28.3. The van der Waals surface area contributed by atoms with E-state index in [0.717, 1.165) is 10.4 Å². The van der Waals surface area contributed by atoms with Crippen LogP contribution in [0.4, 0.5) is 14.5 Å². The van der Waals surface area contributed by atoms with E-state index in [0.29, 0.717) is 11.3 Å². The van der Waals surface area contributed by atoms with Crippen molar-refractivity contribution in [3.8, 4) is 21.0 Å². The molecule has 3 nitrogen and oxygen atoms in total. The Bertz CT molecular complexity index is 958. The van der Waals surface area contributed by atoms with Crippen molar-refractivity contribution < 1.29 is 13.6 Å². The van der Waals surface area contributed by atoms with Gasteiger partial charge in [0.2, 0.25) is 0 Å². The van der Waals surface area contributed by atoms with Crippen molar-refractivity contribution in [2.24, 2.45) is 0 Å². The van der Waals surface area contributed by atoms with Crippen LogP contribution in [0.3, 0.4) is 0 Å². The quantitative estimate of drug-likeness (QED) is 0.549. The minimum atomic E-state index is -1.15. The van der Waals surface area contributed by atoms with Crippen molar-refractivity contribution >= 4 is 46.1 Å². The van der Waals surface area contributed by atoms with Gasteiger partial charge in [-0.3, -0.25) is 4.79 Å². The summed E-state index contributed by atoms with van der Waals surface area (Å²) in [6.07, 6.45) is 1.56. The molecule has 0 aliphatic rings. The first-order chi connectivity index (χ1) is 12.4. The predicted octanol–water partition coefficient (Wildman–Crippen LogP) is 5.81. The summed E-state index contributed by atoms with van der Waals surface area (Å²) in [4.78, 5) is 15.2. The first-order valence-corrected chi connectivity index (χ1v) is 9.16.